The van der Waals surface area contributed by atoms with E-state index in [4.69, 9.17) is 5.11 Å². The maximum Gasteiger partial charge on any atom is 0.0942 e. The van der Waals surface area contributed by atoms with Gasteiger partial charge in [0.05, 0.1) is 11.9 Å². The summed E-state index contributed by atoms with van der Waals surface area (Å²) in [6, 6.07) is 0. The summed E-state index contributed by atoms with van der Waals surface area (Å²) in [7, 11) is 0. The molecule has 4 atom stereocenters. The normalized spacial score (nSPS) is 26.5. The van der Waals surface area contributed by atoms with Crippen molar-refractivity contribution in [1.82, 2.24) is 0 Å². The van der Waals surface area contributed by atoms with Gasteiger partial charge in [-0.3, -0.25) is 0 Å². The predicted octanol–water partition coefficient (Wildman–Crippen LogP) is 6.62. The summed E-state index contributed by atoms with van der Waals surface area (Å²) in [6.45, 7) is 4.74. The van der Waals surface area contributed by atoms with Gasteiger partial charge in [-0.1, -0.05) is 50.0 Å². The van der Waals surface area contributed by atoms with E-state index in [0.717, 1.165) is 64.2 Å². The molecule has 3 heteroatoms. The number of allylic oxidation sites excluding steroid dienone is 5. The number of unbranched alkanes of at least 4 members (excludes halogenated alkanes) is 6. The molecule has 0 unspecified atom stereocenters. The lowest BCUT2D eigenvalue weighted by Gasteiger charge is -2.21. The van der Waals surface area contributed by atoms with Gasteiger partial charge in [-0.25, -0.2) is 0 Å². The summed E-state index contributed by atoms with van der Waals surface area (Å²) >= 11 is 0. The van der Waals surface area contributed by atoms with E-state index in [1.165, 1.54) is 24.8 Å². The van der Waals surface area contributed by atoms with Crippen LogP contribution in [0.3, 0.4) is 0 Å². The van der Waals surface area contributed by atoms with Crippen LogP contribution in [0.15, 0.2) is 35.1 Å². The monoisotopic (exact) mass is 404 g/mol. The maximum atomic E-state index is 10.7. The molecule has 1 fully saturated rings. The Morgan fingerprint density at radius 3 is 2.38 bits per heavy atom. The molecule has 3 nitrogen and oxygen atoms in total. The number of aliphatic hydroxyl groups is 3. The third-order valence-electron chi connectivity index (χ3n) is 6.99. The Bertz CT molecular complexity index is 554. The lowest BCUT2D eigenvalue weighted by atomic mass is 9.87. The molecule has 3 N–H and O–H groups in total. The second kappa shape index (κ2) is 13.3. The Morgan fingerprint density at radius 1 is 1.00 bits per heavy atom. The van der Waals surface area contributed by atoms with Crippen LogP contribution >= 0.6 is 0 Å². The van der Waals surface area contributed by atoms with Gasteiger partial charge >= 0.3 is 0 Å². The molecule has 29 heavy (non-hydrogen) atoms. The first-order valence-electron chi connectivity index (χ1n) is 12.2. The first-order valence-corrected chi connectivity index (χ1v) is 12.2. The molecule has 0 spiro atoms. The standard InChI is InChI=1S/C26H44O3/c1-3-20(4-2)13-9-6-5-7-11-15-24(28)26-23-18-21(14-10-8-12-16-27)17-22(23)19-25(26)29/h13,15,17,22-23,25-29H,3-12,14,16,18-19H2,1-2H3/t22-,23-,25-,26+/m1/s1. The molecule has 0 heterocycles. The van der Waals surface area contributed by atoms with E-state index in [2.05, 4.69) is 26.0 Å². The summed E-state index contributed by atoms with van der Waals surface area (Å²) < 4.78 is 0. The second-order valence-electron chi connectivity index (χ2n) is 9.06. The van der Waals surface area contributed by atoms with Crippen molar-refractivity contribution in [1.29, 1.82) is 0 Å². The Morgan fingerprint density at radius 2 is 1.69 bits per heavy atom. The van der Waals surface area contributed by atoms with E-state index in [1.54, 1.807) is 5.57 Å². The van der Waals surface area contributed by atoms with Crippen LogP contribution in [0.25, 0.3) is 0 Å². The molecule has 0 bridgehead atoms. The molecule has 0 radical (unpaired) electrons. The molecular weight excluding hydrogens is 360 g/mol. The highest BCUT2D eigenvalue weighted by Gasteiger charge is 2.46. The molecule has 2 aliphatic carbocycles. The van der Waals surface area contributed by atoms with Crippen molar-refractivity contribution < 1.29 is 15.3 Å². The van der Waals surface area contributed by atoms with Gasteiger partial charge in [0.1, 0.15) is 0 Å². The largest absolute Gasteiger partial charge is 0.512 e. The van der Waals surface area contributed by atoms with Gasteiger partial charge in [-0.05, 0) is 88.5 Å². The maximum absolute atomic E-state index is 10.7. The van der Waals surface area contributed by atoms with Crippen molar-refractivity contribution in [2.75, 3.05) is 6.61 Å². The van der Waals surface area contributed by atoms with Gasteiger partial charge < -0.3 is 15.3 Å². The predicted molar refractivity (Wildman–Crippen MR) is 122 cm³/mol. The zero-order valence-electron chi connectivity index (χ0n) is 18.8. The van der Waals surface area contributed by atoms with E-state index in [0.29, 0.717) is 17.6 Å². The van der Waals surface area contributed by atoms with Crippen LogP contribution < -0.4 is 0 Å². The SMILES string of the molecule is CCC(=CCCCCCC=C(O)[C@@H]1[C@@H]2CC(CCCCCO)=C[C@@H]2C[C@H]1O)CC. The number of aliphatic hydroxyl groups excluding tert-OH is 3. The van der Waals surface area contributed by atoms with E-state index < -0.39 is 6.10 Å². The van der Waals surface area contributed by atoms with Gasteiger partial charge in [0.25, 0.3) is 0 Å². The average molecular weight is 405 g/mol. The van der Waals surface area contributed by atoms with Crippen LogP contribution in [0, 0.1) is 17.8 Å². The third kappa shape index (κ3) is 7.61. The minimum absolute atomic E-state index is 0.0780. The average Bonchev–Trinajstić information content (AvgIpc) is 3.23. The summed E-state index contributed by atoms with van der Waals surface area (Å²) in [5.74, 6) is 1.15. The van der Waals surface area contributed by atoms with Crippen LogP contribution in [-0.2, 0) is 0 Å². The lowest BCUT2D eigenvalue weighted by Crippen LogP contribution is -2.21. The highest BCUT2D eigenvalue weighted by molar-refractivity contribution is 5.22. The first-order chi connectivity index (χ1) is 14.1. The van der Waals surface area contributed by atoms with Crippen molar-refractivity contribution >= 4 is 0 Å². The topological polar surface area (TPSA) is 60.7 Å². The van der Waals surface area contributed by atoms with Gasteiger partial charge in [-0.15, -0.1) is 0 Å². The van der Waals surface area contributed by atoms with E-state index in [9.17, 15) is 10.2 Å². The highest BCUT2D eigenvalue weighted by Crippen LogP contribution is 2.49. The molecule has 0 aromatic heterocycles. The quantitative estimate of drug-likeness (QED) is 0.173. The number of fused-ring (bicyclic) bond motifs is 1. The van der Waals surface area contributed by atoms with Crippen molar-refractivity contribution in [3.05, 3.63) is 35.1 Å². The summed E-state index contributed by atoms with van der Waals surface area (Å²) in [5, 5.41) is 30.1. The van der Waals surface area contributed by atoms with Crippen molar-refractivity contribution in [3.63, 3.8) is 0 Å². The Hall–Kier alpha value is -1.06. The van der Waals surface area contributed by atoms with Crippen molar-refractivity contribution in [3.8, 4) is 0 Å². The second-order valence-corrected chi connectivity index (χ2v) is 9.06. The molecule has 1 saturated carbocycles. The van der Waals surface area contributed by atoms with Crippen LogP contribution in [-0.4, -0.2) is 28.0 Å². The van der Waals surface area contributed by atoms with E-state index in [1.807, 2.05) is 6.08 Å². The molecular formula is C26H44O3. The van der Waals surface area contributed by atoms with Gasteiger partial charge in [-0.2, -0.15) is 0 Å². The molecule has 2 rings (SSSR count). The Labute approximate surface area is 178 Å². The van der Waals surface area contributed by atoms with Crippen LogP contribution in [0.5, 0.6) is 0 Å². The fraction of sp³-hybridized carbons (Fsp3) is 0.769. The van der Waals surface area contributed by atoms with Gasteiger partial charge in [0.2, 0.25) is 0 Å². The van der Waals surface area contributed by atoms with Crippen LogP contribution in [0.2, 0.25) is 0 Å². The van der Waals surface area contributed by atoms with Gasteiger partial charge in [0, 0.05) is 12.5 Å². The minimum Gasteiger partial charge on any atom is -0.512 e. The summed E-state index contributed by atoms with van der Waals surface area (Å²) in [5.41, 5.74) is 3.06. The molecule has 0 aliphatic heterocycles. The molecule has 0 saturated heterocycles. The summed E-state index contributed by atoms with van der Waals surface area (Å²) in [4.78, 5) is 0. The Kier molecular flexibility index (Phi) is 11.1. The number of hydrogen-bond acceptors (Lipinski definition) is 3. The molecule has 0 aromatic rings. The Balaban J connectivity index is 1.72. The zero-order chi connectivity index (χ0) is 21.1. The third-order valence-corrected chi connectivity index (χ3v) is 6.99. The first kappa shape index (κ1) is 24.2. The minimum atomic E-state index is -0.403. The van der Waals surface area contributed by atoms with Crippen LogP contribution in [0.4, 0.5) is 0 Å². The highest BCUT2D eigenvalue weighted by atomic mass is 16.3. The summed E-state index contributed by atoms with van der Waals surface area (Å²) in [6.07, 6.45) is 20.3. The zero-order valence-corrected chi connectivity index (χ0v) is 18.8. The van der Waals surface area contributed by atoms with Gasteiger partial charge in [0.15, 0.2) is 0 Å². The number of rotatable bonds is 14. The molecule has 166 valence electrons. The molecule has 0 amide bonds. The van der Waals surface area contributed by atoms with E-state index in [-0.39, 0.29) is 12.5 Å². The fourth-order valence-corrected chi connectivity index (χ4v) is 5.23. The fourth-order valence-electron chi connectivity index (χ4n) is 5.23. The van der Waals surface area contributed by atoms with E-state index >= 15 is 0 Å². The lowest BCUT2D eigenvalue weighted by molar-refractivity contribution is 0.109. The van der Waals surface area contributed by atoms with Crippen molar-refractivity contribution in [2.45, 2.75) is 103 Å². The smallest absolute Gasteiger partial charge is 0.0942 e. The van der Waals surface area contributed by atoms with Crippen LogP contribution in [0.1, 0.15) is 97.3 Å². The molecule has 0 aromatic carbocycles. The number of hydrogen-bond donors (Lipinski definition) is 3. The molecule has 2 aliphatic rings. The van der Waals surface area contributed by atoms with Crippen molar-refractivity contribution in [2.24, 2.45) is 17.8 Å².